The van der Waals surface area contributed by atoms with Gasteiger partial charge in [-0.25, -0.2) is 0 Å². The highest BCUT2D eigenvalue weighted by Crippen LogP contribution is 2.30. The van der Waals surface area contributed by atoms with Gasteiger partial charge in [0.15, 0.2) is 0 Å². The maximum absolute atomic E-state index is 6.06. The summed E-state index contributed by atoms with van der Waals surface area (Å²) in [5.41, 5.74) is 0. The molecule has 0 saturated carbocycles. The van der Waals surface area contributed by atoms with Crippen LogP contribution >= 0.6 is 23.2 Å². The molecule has 0 heterocycles. The maximum Gasteiger partial charge on any atom is 0.231 e. The highest BCUT2D eigenvalue weighted by atomic mass is 35.5. The maximum atomic E-state index is 6.06. The average molecular weight is 329 g/mol. The van der Waals surface area contributed by atoms with E-state index in [9.17, 15) is 0 Å². The summed E-state index contributed by atoms with van der Waals surface area (Å²) in [6.45, 7) is -0.0158. The van der Waals surface area contributed by atoms with Gasteiger partial charge >= 0.3 is 0 Å². The predicted octanol–water partition coefficient (Wildman–Crippen LogP) is 4.43. The second-order valence-electron chi connectivity index (χ2n) is 4.00. The molecular weight excluding hydrogens is 315 g/mol. The van der Waals surface area contributed by atoms with Crippen LogP contribution in [0.3, 0.4) is 0 Å². The van der Waals surface area contributed by atoms with Crippen LogP contribution in [-0.4, -0.2) is 21.0 Å². The van der Waals surface area contributed by atoms with Gasteiger partial charge in [-0.3, -0.25) is 0 Å². The molecule has 4 nitrogen and oxygen atoms in total. The van der Waals surface area contributed by atoms with Crippen molar-refractivity contribution >= 4 is 23.2 Å². The molecule has 0 N–H and O–H groups in total. The van der Waals surface area contributed by atoms with E-state index in [4.69, 9.17) is 42.1 Å². The number of hydrogen-bond acceptors (Lipinski definition) is 4. The molecule has 0 aliphatic carbocycles. The van der Waals surface area contributed by atoms with Crippen LogP contribution in [0.4, 0.5) is 0 Å². The largest absolute Gasteiger partial charge is 0.497 e. The van der Waals surface area contributed by atoms with Gasteiger partial charge in [0.1, 0.15) is 23.0 Å². The van der Waals surface area contributed by atoms with Crippen molar-refractivity contribution in [3.63, 3.8) is 0 Å². The molecular formula is C15H14Cl2O4. The lowest BCUT2D eigenvalue weighted by atomic mass is 10.3. The first-order valence-electron chi connectivity index (χ1n) is 6.06. The minimum Gasteiger partial charge on any atom is -0.497 e. The van der Waals surface area contributed by atoms with E-state index in [1.165, 1.54) is 0 Å². The van der Waals surface area contributed by atoms with Gasteiger partial charge in [0.25, 0.3) is 0 Å². The Morgan fingerprint density at radius 2 is 1.19 bits per heavy atom. The van der Waals surface area contributed by atoms with Gasteiger partial charge in [0.05, 0.1) is 24.3 Å². The van der Waals surface area contributed by atoms with Crippen LogP contribution in [0.2, 0.25) is 10.0 Å². The summed E-state index contributed by atoms with van der Waals surface area (Å²) >= 11 is 12.1. The van der Waals surface area contributed by atoms with Gasteiger partial charge < -0.3 is 18.9 Å². The fraction of sp³-hybridized carbons (Fsp3) is 0.200. The molecule has 0 atom stereocenters. The van der Waals surface area contributed by atoms with Crippen LogP contribution in [0.25, 0.3) is 0 Å². The number of benzene rings is 2. The first-order chi connectivity index (χ1) is 10.1. The number of halogens is 2. The first-order valence-corrected chi connectivity index (χ1v) is 6.82. The average Bonchev–Trinajstić information content (AvgIpc) is 2.50. The molecule has 0 unspecified atom stereocenters. The Morgan fingerprint density at radius 3 is 1.52 bits per heavy atom. The highest BCUT2D eigenvalue weighted by Gasteiger charge is 2.06. The Balaban J connectivity index is 1.95. The molecule has 0 aliphatic rings. The number of ether oxygens (including phenoxy) is 4. The number of methoxy groups -OCH3 is 2. The minimum absolute atomic E-state index is 0.0158. The van der Waals surface area contributed by atoms with Gasteiger partial charge in [-0.1, -0.05) is 23.2 Å². The number of hydrogen-bond donors (Lipinski definition) is 0. The van der Waals surface area contributed by atoms with E-state index in [2.05, 4.69) is 0 Å². The third kappa shape index (κ3) is 4.09. The van der Waals surface area contributed by atoms with E-state index in [0.29, 0.717) is 33.0 Å². The van der Waals surface area contributed by atoms with Crippen LogP contribution in [0.1, 0.15) is 0 Å². The molecule has 2 rings (SSSR count). The normalized spacial score (nSPS) is 10.1. The third-order valence-electron chi connectivity index (χ3n) is 2.71. The lowest BCUT2D eigenvalue weighted by Crippen LogP contribution is -2.06. The van der Waals surface area contributed by atoms with Crippen molar-refractivity contribution in [3.8, 4) is 23.0 Å². The van der Waals surface area contributed by atoms with Crippen molar-refractivity contribution in [1.82, 2.24) is 0 Å². The molecule has 0 fully saturated rings. The molecule has 2 aromatic rings. The second-order valence-corrected chi connectivity index (χ2v) is 4.81. The minimum atomic E-state index is -0.0158. The summed E-state index contributed by atoms with van der Waals surface area (Å²) in [6.07, 6.45) is 0. The highest BCUT2D eigenvalue weighted by molar-refractivity contribution is 6.32. The van der Waals surface area contributed by atoms with E-state index in [1.807, 2.05) is 0 Å². The molecule has 0 aromatic heterocycles. The summed E-state index contributed by atoms with van der Waals surface area (Å²) in [7, 11) is 3.14. The van der Waals surface area contributed by atoms with Gasteiger partial charge in [0.2, 0.25) is 6.79 Å². The van der Waals surface area contributed by atoms with Crippen LogP contribution in [0.5, 0.6) is 23.0 Å². The molecule has 6 heteroatoms. The van der Waals surface area contributed by atoms with Gasteiger partial charge in [-0.2, -0.15) is 0 Å². The van der Waals surface area contributed by atoms with E-state index >= 15 is 0 Å². The molecule has 0 radical (unpaired) electrons. The zero-order chi connectivity index (χ0) is 15.2. The quantitative estimate of drug-likeness (QED) is 0.735. The Hall–Kier alpha value is -1.78. The van der Waals surface area contributed by atoms with Crippen LogP contribution < -0.4 is 18.9 Å². The predicted molar refractivity (Wildman–Crippen MR) is 82.1 cm³/mol. The molecule has 0 saturated heterocycles. The molecule has 21 heavy (non-hydrogen) atoms. The van der Waals surface area contributed by atoms with Crippen molar-refractivity contribution in [2.24, 2.45) is 0 Å². The van der Waals surface area contributed by atoms with Crippen molar-refractivity contribution in [2.45, 2.75) is 0 Å². The second kappa shape index (κ2) is 7.29. The van der Waals surface area contributed by atoms with Gasteiger partial charge in [-0.15, -0.1) is 0 Å². The molecule has 0 spiro atoms. The Kier molecular flexibility index (Phi) is 5.42. The monoisotopic (exact) mass is 328 g/mol. The van der Waals surface area contributed by atoms with Gasteiger partial charge in [0, 0.05) is 12.1 Å². The zero-order valence-corrected chi connectivity index (χ0v) is 13.1. The SMILES string of the molecule is COc1ccc(OCOc2ccc(OC)cc2Cl)c(Cl)c1. The van der Waals surface area contributed by atoms with Crippen molar-refractivity contribution in [3.05, 3.63) is 46.4 Å². The number of rotatable bonds is 6. The van der Waals surface area contributed by atoms with Crippen molar-refractivity contribution in [2.75, 3.05) is 21.0 Å². The summed E-state index contributed by atoms with van der Waals surface area (Å²) in [6, 6.07) is 10.2. The van der Waals surface area contributed by atoms with E-state index in [0.717, 1.165) is 0 Å². The zero-order valence-electron chi connectivity index (χ0n) is 11.6. The van der Waals surface area contributed by atoms with E-state index < -0.39 is 0 Å². The molecule has 0 bridgehead atoms. The van der Waals surface area contributed by atoms with Crippen molar-refractivity contribution < 1.29 is 18.9 Å². The summed E-state index contributed by atoms with van der Waals surface area (Å²) in [5, 5.41) is 0.887. The molecule has 2 aromatic carbocycles. The molecule has 0 aliphatic heterocycles. The van der Waals surface area contributed by atoms with Crippen LogP contribution in [0.15, 0.2) is 36.4 Å². The smallest absolute Gasteiger partial charge is 0.231 e. The summed E-state index contributed by atoms with van der Waals surface area (Å²) < 4.78 is 21.0. The summed E-state index contributed by atoms with van der Waals surface area (Å²) in [5.74, 6) is 2.32. The Morgan fingerprint density at radius 1 is 0.762 bits per heavy atom. The summed E-state index contributed by atoms with van der Waals surface area (Å²) in [4.78, 5) is 0. The van der Waals surface area contributed by atoms with Gasteiger partial charge in [-0.05, 0) is 24.3 Å². The lowest BCUT2D eigenvalue weighted by Gasteiger charge is -2.12. The standard InChI is InChI=1S/C15H14Cl2O4/c1-18-10-3-5-14(12(16)7-10)20-9-21-15-6-4-11(19-2)8-13(15)17/h3-8H,9H2,1-2H3. The Labute approximate surface area is 133 Å². The lowest BCUT2D eigenvalue weighted by molar-refractivity contribution is 0.120. The third-order valence-corrected chi connectivity index (χ3v) is 3.30. The van der Waals surface area contributed by atoms with Crippen molar-refractivity contribution in [1.29, 1.82) is 0 Å². The Bertz CT molecular complexity index is 563. The van der Waals surface area contributed by atoms with Crippen LogP contribution in [-0.2, 0) is 0 Å². The van der Waals surface area contributed by atoms with E-state index in [-0.39, 0.29) is 6.79 Å². The molecule has 0 amide bonds. The topological polar surface area (TPSA) is 36.9 Å². The fourth-order valence-corrected chi connectivity index (χ4v) is 2.06. The first kappa shape index (κ1) is 15.6. The van der Waals surface area contributed by atoms with E-state index in [1.54, 1.807) is 50.6 Å². The fourth-order valence-electron chi connectivity index (χ4n) is 1.61. The van der Waals surface area contributed by atoms with Crippen LogP contribution in [0, 0.1) is 0 Å². The molecule has 112 valence electrons.